The first-order chi connectivity index (χ1) is 27.6. The van der Waals surface area contributed by atoms with Crippen LogP contribution in [0.3, 0.4) is 0 Å². The first kappa shape index (κ1) is 40.4. The van der Waals surface area contributed by atoms with Crippen molar-refractivity contribution in [1.29, 1.82) is 0 Å². The number of thiophene rings is 1. The second-order valence-electron chi connectivity index (χ2n) is 13.8. The number of rotatable bonds is 16. The molecular weight excluding hydrogens is 779 g/mol. The first-order valence-corrected chi connectivity index (χ1v) is 21.4. The van der Waals surface area contributed by atoms with Crippen LogP contribution in [0, 0.1) is 20.8 Å². The van der Waals surface area contributed by atoms with Gasteiger partial charge in [0.2, 0.25) is 5.91 Å². The maximum absolute atomic E-state index is 14.1. The molecule has 14 heteroatoms. The summed E-state index contributed by atoms with van der Waals surface area (Å²) in [5, 5.41) is 13.6. The fourth-order valence-electron chi connectivity index (χ4n) is 6.61. The number of carbonyl (C=O) groups excluding carboxylic acids is 1. The highest BCUT2D eigenvalue weighted by molar-refractivity contribution is 7.48. The Hall–Kier alpha value is -4.78. The van der Waals surface area contributed by atoms with Crippen molar-refractivity contribution in [1.82, 2.24) is 14.8 Å². The van der Waals surface area contributed by atoms with Crippen molar-refractivity contribution in [3.8, 4) is 5.00 Å². The van der Waals surface area contributed by atoms with E-state index in [0.29, 0.717) is 35.3 Å². The lowest BCUT2D eigenvalue weighted by Crippen LogP contribution is -2.17. The zero-order chi connectivity index (χ0) is 39.9. The Kier molecular flexibility index (Phi) is 12.9. The molecule has 0 radical (unpaired) electrons. The normalized spacial score (nSPS) is 13.8. The smallest absolute Gasteiger partial charge is 0.330 e. The Morgan fingerprint density at radius 3 is 2.16 bits per heavy atom. The molecule has 3 heterocycles. The molecule has 1 aliphatic rings. The Morgan fingerprint density at radius 2 is 1.51 bits per heavy atom. The zero-order valence-electron chi connectivity index (χ0n) is 32.0. The average Bonchev–Trinajstić information content (AvgIpc) is 3.70. The van der Waals surface area contributed by atoms with Crippen molar-refractivity contribution in [3.05, 3.63) is 164 Å². The van der Waals surface area contributed by atoms with Crippen molar-refractivity contribution < 1.29 is 22.9 Å². The van der Waals surface area contributed by atoms with Crippen LogP contribution in [0.1, 0.15) is 74.4 Å². The van der Waals surface area contributed by atoms with Crippen molar-refractivity contribution in [3.63, 3.8) is 0 Å². The number of phosphoric ester groups is 1. The summed E-state index contributed by atoms with van der Waals surface area (Å²) < 4.78 is 33.9. The number of nitrogens with two attached hydrogens (primary N) is 1. The number of nitrogens with zero attached hydrogens (tertiary/aromatic N) is 4. The topological polar surface area (TPSA) is 143 Å². The van der Waals surface area contributed by atoms with Crippen molar-refractivity contribution >= 4 is 48.1 Å². The standard InChI is InChI=1S/C43H44ClN6O5PS/c1-28-29(2)57-43-40(28)41(34-16-19-36(44)20-17-34)47-38(42-49-48-30(3)50(42)43)24-39(51)46-37-21-18-33(15-10-22-45)35(23-37)27-55-56(52,53-25-31-11-6-4-7-12-31)54-26-32-13-8-5-9-14-32/h4-9,11-14,16-21,23,38H,10,15,22,24-27,45H2,1-3H3,(H,46,51)/t38-/m0/s1. The second kappa shape index (κ2) is 18.2. The van der Waals surface area contributed by atoms with Crippen LogP contribution >= 0.6 is 30.8 Å². The number of hydrogen-bond acceptors (Lipinski definition) is 10. The summed E-state index contributed by atoms with van der Waals surface area (Å²) >= 11 is 7.93. The fraction of sp³-hybridized carbons (Fsp3) is 0.256. The molecule has 11 nitrogen and oxygen atoms in total. The van der Waals surface area contributed by atoms with Gasteiger partial charge in [-0.05, 0) is 92.2 Å². The summed E-state index contributed by atoms with van der Waals surface area (Å²) in [6.45, 7) is 6.55. The minimum absolute atomic E-state index is 0.00118. The highest BCUT2D eigenvalue weighted by Crippen LogP contribution is 2.52. The zero-order valence-corrected chi connectivity index (χ0v) is 34.4. The molecular formula is C43H44ClN6O5PS. The van der Waals surface area contributed by atoms with Gasteiger partial charge in [0.1, 0.15) is 16.9 Å². The van der Waals surface area contributed by atoms with Gasteiger partial charge in [0.15, 0.2) is 5.82 Å². The molecule has 6 aromatic rings. The van der Waals surface area contributed by atoms with Gasteiger partial charge in [-0.3, -0.25) is 27.9 Å². The molecule has 4 aromatic carbocycles. The molecule has 0 saturated heterocycles. The van der Waals surface area contributed by atoms with Gasteiger partial charge in [-0.2, -0.15) is 0 Å². The molecule has 0 fully saturated rings. The summed E-state index contributed by atoms with van der Waals surface area (Å²) in [5.74, 6) is 1.03. The van der Waals surface area contributed by atoms with Gasteiger partial charge < -0.3 is 11.1 Å². The molecule has 3 N–H and O–H groups in total. The van der Waals surface area contributed by atoms with Gasteiger partial charge in [0, 0.05) is 26.7 Å². The van der Waals surface area contributed by atoms with Crippen LogP contribution in [0.2, 0.25) is 5.02 Å². The van der Waals surface area contributed by atoms with Gasteiger partial charge in [0.25, 0.3) is 0 Å². The van der Waals surface area contributed by atoms with E-state index in [1.54, 1.807) is 11.3 Å². The number of hydrogen-bond donors (Lipinski definition) is 2. The fourth-order valence-corrected chi connectivity index (χ4v) is 9.09. The molecule has 0 unspecified atom stereocenters. The molecule has 0 aliphatic carbocycles. The average molecular weight is 823 g/mol. The Morgan fingerprint density at radius 1 is 0.860 bits per heavy atom. The highest BCUT2D eigenvalue weighted by Gasteiger charge is 2.33. The van der Waals surface area contributed by atoms with Crippen LogP contribution in [0.4, 0.5) is 5.69 Å². The predicted molar refractivity (Wildman–Crippen MR) is 225 cm³/mol. The SMILES string of the molecule is Cc1sc2c(c1C)C(c1ccc(Cl)cc1)=N[C@@H](CC(=O)Nc1ccc(CCCN)c(COP(=O)(OCc3ccccc3)OCc3ccccc3)c1)c1nnc(C)n1-2. The Labute approximate surface area is 341 Å². The van der Waals surface area contributed by atoms with Gasteiger partial charge >= 0.3 is 7.82 Å². The molecule has 0 bridgehead atoms. The number of carbonyl (C=O) groups is 1. The molecule has 7 rings (SSSR count). The molecule has 2 aromatic heterocycles. The van der Waals surface area contributed by atoms with E-state index in [2.05, 4.69) is 29.4 Å². The van der Waals surface area contributed by atoms with Crippen LogP contribution in [0.25, 0.3) is 5.00 Å². The number of aromatic nitrogens is 3. The van der Waals surface area contributed by atoms with Crippen LogP contribution in [0.5, 0.6) is 0 Å². The number of aryl methyl sites for hydroxylation is 3. The van der Waals surface area contributed by atoms with E-state index in [9.17, 15) is 9.36 Å². The molecule has 1 amide bonds. The lowest BCUT2D eigenvalue weighted by atomic mass is 9.99. The van der Waals surface area contributed by atoms with Gasteiger partial charge in [-0.1, -0.05) is 90.5 Å². The van der Waals surface area contributed by atoms with Crippen molar-refractivity contribution in [2.24, 2.45) is 10.7 Å². The first-order valence-electron chi connectivity index (χ1n) is 18.7. The summed E-state index contributed by atoms with van der Waals surface area (Å²) in [4.78, 5) is 20.4. The van der Waals surface area contributed by atoms with Crippen molar-refractivity contribution in [2.45, 2.75) is 65.9 Å². The van der Waals surface area contributed by atoms with Crippen LogP contribution in [0.15, 0.2) is 108 Å². The summed E-state index contributed by atoms with van der Waals surface area (Å²) in [6.07, 6.45) is 1.39. The van der Waals surface area contributed by atoms with E-state index in [1.807, 2.05) is 115 Å². The molecule has 0 saturated carbocycles. The molecule has 294 valence electrons. The quantitative estimate of drug-likeness (QED) is 0.0919. The number of phosphoric acid groups is 1. The Bertz CT molecular complexity index is 2370. The number of benzene rings is 4. The number of fused-ring (bicyclic) bond motifs is 3. The van der Waals surface area contributed by atoms with Gasteiger partial charge in [-0.15, -0.1) is 21.5 Å². The van der Waals surface area contributed by atoms with E-state index in [1.165, 1.54) is 0 Å². The molecule has 57 heavy (non-hydrogen) atoms. The Balaban J connectivity index is 1.14. The van der Waals surface area contributed by atoms with E-state index < -0.39 is 13.9 Å². The second-order valence-corrected chi connectivity index (χ2v) is 17.1. The number of halogens is 1. The maximum atomic E-state index is 14.1. The van der Waals surface area contributed by atoms with Crippen LogP contribution in [-0.4, -0.2) is 32.9 Å². The number of aliphatic imine (C=N–C) groups is 1. The summed E-state index contributed by atoms with van der Waals surface area (Å²) in [7, 11) is -4.07. The summed E-state index contributed by atoms with van der Waals surface area (Å²) in [5.41, 5.74) is 13.5. The molecule has 1 aliphatic heterocycles. The van der Waals surface area contributed by atoms with Crippen LogP contribution < -0.4 is 11.1 Å². The van der Waals surface area contributed by atoms with E-state index >= 15 is 0 Å². The van der Waals surface area contributed by atoms with Crippen molar-refractivity contribution in [2.75, 3.05) is 11.9 Å². The summed E-state index contributed by atoms with van der Waals surface area (Å²) in [6, 6.07) is 31.4. The van der Waals surface area contributed by atoms with E-state index in [4.69, 9.17) is 35.9 Å². The third-order valence-electron chi connectivity index (χ3n) is 9.72. The molecule has 0 spiro atoms. The third kappa shape index (κ3) is 9.68. The van der Waals surface area contributed by atoms with Gasteiger partial charge in [-0.25, -0.2) is 4.57 Å². The third-order valence-corrected chi connectivity index (χ3v) is 12.5. The monoisotopic (exact) mass is 822 g/mol. The lowest BCUT2D eigenvalue weighted by molar-refractivity contribution is -0.116. The minimum Gasteiger partial charge on any atom is -0.330 e. The largest absolute Gasteiger partial charge is 0.475 e. The predicted octanol–water partition coefficient (Wildman–Crippen LogP) is 9.78. The highest BCUT2D eigenvalue weighted by atomic mass is 35.5. The number of amides is 1. The van der Waals surface area contributed by atoms with Crippen LogP contribution in [-0.2, 0) is 49.2 Å². The van der Waals surface area contributed by atoms with Gasteiger partial charge in [0.05, 0.1) is 32.0 Å². The maximum Gasteiger partial charge on any atom is 0.475 e. The number of anilines is 1. The van der Waals surface area contributed by atoms with E-state index in [-0.39, 0.29) is 32.1 Å². The molecule has 1 atom stereocenters. The minimum atomic E-state index is -4.07. The number of nitrogens with one attached hydrogen (secondary N) is 1. The van der Waals surface area contributed by atoms with E-state index in [0.717, 1.165) is 61.0 Å². The lowest BCUT2D eigenvalue weighted by Gasteiger charge is -2.20.